The van der Waals surface area contributed by atoms with Crippen LogP contribution in [0.15, 0.2) is 39.8 Å². The van der Waals surface area contributed by atoms with Crippen LogP contribution in [0.2, 0.25) is 5.02 Å². The largest absolute Gasteiger partial charge is 0.481 e. The van der Waals surface area contributed by atoms with Gasteiger partial charge in [0.1, 0.15) is 17.3 Å². The molecule has 1 aliphatic rings. The van der Waals surface area contributed by atoms with Crippen molar-refractivity contribution in [3.8, 4) is 0 Å². The summed E-state index contributed by atoms with van der Waals surface area (Å²) in [5.41, 5.74) is -2.76. The van der Waals surface area contributed by atoms with Gasteiger partial charge in [0.2, 0.25) is 10.0 Å². The normalized spacial score (nSPS) is 13.4. The lowest BCUT2D eigenvalue weighted by molar-refractivity contribution is -0.757. The second-order valence-corrected chi connectivity index (χ2v) is 12.1. The number of nitrogens with one attached hydrogen (secondary N) is 1. The quantitative estimate of drug-likeness (QED) is 0.0715. The number of sulfonamides is 1. The third-order valence-corrected chi connectivity index (χ3v) is 7.95. The van der Waals surface area contributed by atoms with Gasteiger partial charge in [-0.15, -0.1) is 10.1 Å². The zero-order chi connectivity index (χ0) is 36.9. The number of hydrogen-bond donors (Lipinski definition) is 6. The number of rotatable bonds is 16. The molecule has 3 rings (SSSR count). The smallest absolute Gasteiger partial charge is 0.340 e. The Morgan fingerprint density at radius 2 is 1.69 bits per heavy atom. The Labute approximate surface area is 281 Å². The number of carbonyl (C=O) groups excluding carboxylic acids is 2. The van der Waals surface area contributed by atoms with E-state index in [-0.39, 0.29) is 29.4 Å². The first-order chi connectivity index (χ1) is 22.8. The highest BCUT2D eigenvalue weighted by molar-refractivity contribution is 7.89. The molecule has 49 heavy (non-hydrogen) atoms. The van der Waals surface area contributed by atoms with E-state index in [1.165, 1.54) is 17.2 Å². The summed E-state index contributed by atoms with van der Waals surface area (Å²) in [6, 6.07) is 5.58. The molecule has 7 N–H and O–H groups in total. The Morgan fingerprint density at radius 3 is 2.18 bits per heavy atom. The van der Waals surface area contributed by atoms with E-state index in [2.05, 4.69) is 10.2 Å². The van der Waals surface area contributed by atoms with Gasteiger partial charge in [0.05, 0.1) is 41.9 Å². The van der Waals surface area contributed by atoms with Crippen molar-refractivity contribution in [2.75, 3.05) is 51.3 Å². The van der Waals surface area contributed by atoms with Gasteiger partial charge in [0, 0.05) is 32.7 Å². The molecule has 2 heterocycles. The highest BCUT2D eigenvalue weighted by atomic mass is 35.5. The van der Waals surface area contributed by atoms with Gasteiger partial charge in [-0.25, -0.2) is 23.1 Å². The molecule has 23 heteroatoms. The number of carbonyl (C=O) groups is 5. The van der Waals surface area contributed by atoms with Crippen molar-refractivity contribution >= 4 is 57.1 Å². The molecule has 21 nitrogen and oxygen atoms in total. The zero-order valence-electron chi connectivity index (χ0n) is 25.4. The minimum Gasteiger partial charge on any atom is -0.481 e. The van der Waals surface area contributed by atoms with Gasteiger partial charge < -0.3 is 44.6 Å². The number of benzene rings is 1. The molecule has 1 amide bonds. The maximum atomic E-state index is 12.8. The molecule has 1 aromatic heterocycles. The highest BCUT2D eigenvalue weighted by Gasteiger charge is 2.40. The molecule has 0 saturated carbocycles. The average Bonchev–Trinajstić information content (AvgIpc) is 3.51. The summed E-state index contributed by atoms with van der Waals surface area (Å²) < 4.78 is 34.2. The summed E-state index contributed by atoms with van der Waals surface area (Å²) in [6.45, 7) is 1.46. The Kier molecular flexibility index (Phi) is 14.7. The predicted octanol–water partition coefficient (Wildman–Crippen LogP) is -0.547. The number of aliphatic carboxylic acids is 3. The van der Waals surface area contributed by atoms with Gasteiger partial charge in [-0.1, -0.05) is 11.6 Å². The standard InChI is InChI=1S/C20H24ClN5O9S.C6H8O7/c21-16-11-17(23-12-14-2-1-8-33-14)15(10-18(16)36(22,31)32)20(28)34-13-19(27)25-5-3-24(4-6-25)7-9-35-26(29)30;7-3(8)1-6(13,5(11)12)2-4(9)10/h1-2,8,10-11,23H,3-7,9,12-13H2,(H2,22,31,32);13H,1-2H2,(H,7,8)(H,9,10)(H,11,12). The molecular formula is C26H32ClN5O16S. The van der Waals surface area contributed by atoms with E-state index < -0.39 is 74.8 Å². The van der Waals surface area contributed by atoms with E-state index in [1.54, 1.807) is 12.1 Å². The number of amides is 1. The van der Waals surface area contributed by atoms with Crippen LogP contribution in [-0.4, -0.2) is 125 Å². The third kappa shape index (κ3) is 13.2. The van der Waals surface area contributed by atoms with E-state index in [1.807, 2.05) is 4.90 Å². The van der Waals surface area contributed by atoms with Crippen molar-refractivity contribution in [1.82, 2.24) is 9.80 Å². The number of aliphatic hydroxyl groups is 1. The van der Waals surface area contributed by atoms with Crippen LogP contribution in [0, 0.1) is 10.1 Å². The Morgan fingerprint density at radius 1 is 1.08 bits per heavy atom. The number of piperazine rings is 1. The van der Waals surface area contributed by atoms with Crippen LogP contribution in [0.1, 0.15) is 29.0 Å². The molecule has 0 unspecified atom stereocenters. The number of furan rings is 1. The van der Waals surface area contributed by atoms with Gasteiger partial charge in [-0.2, -0.15) is 0 Å². The first-order valence-corrected chi connectivity index (χ1v) is 15.7. The Balaban J connectivity index is 0.000000543. The number of ether oxygens (including phenoxy) is 1. The van der Waals surface area contributed by atoms with Gasteiger partial charge in [-0.3, -0.25) is 19.3 Å². The second-order valence-electron chi connectivity index (χ2n) is 10.1. The molecule has 1 saturated heterocycles. The number of carboxylic acids is 3. The molecule has 270 valence electrons. The number of nitrogens with two attached hydrogens (primary N) is 1. The molecule has 0 aliphatic carbocycles. The van der Waals surface area contributed by atoms with Gasteiger partial charge >= 0.3 is 23.9 Å². The number of anilines is 1. The number of halogens is 1. The second kappa shape index (κ2) is 17.9. The van der Waals surface area contributed by atoms with Crippen molar-refractivity contribution in [3.63, 3.8) is 0 Å². The third-order valence-electron chi connectivity index (χ3n) is 6.57. The van der Waals surface area contributed by atoms with Crippen molar-refractivity contribution in [3.05, 3.63) is 57.0 Å². The summed E-state index contributed by atoms with van der Waals surface area (Å²) in [4.78, 5) is 73.3. The zero-order valence-corrected chi connectivity index (χ0v) is 26.9. The lowest BCUT2D eigenvalue weighted by atomic mass is 9.96. The van der Waals surface area contributed by atoms with Gasteiger partial charge in [-0.05, 0) is 24.3 Å². The fourth-order valence-corrected chi connectivity index (χ4v) is 5.26. The van der Waals surface area contributed by atoms with Crippen LogP contribution >= 0.6 is 11.6 Å². The van der Waals surface area contributed by atoms with E-state index in [9.17, 15) is 42.5 Å². The number of nitrogens with zero attached hydrogens (tertiary/aromatic N) is 3. The van der Waals surface area contributed by atoms with Gasteiger partial charge in [0.15, 0.2) is 12.2 Å². The maximum absolute atomic E-state index is 12.8. The molecule has 0 bridgehead atoms. The minimum absolute atomic E-state index is 0.0730. The predicted molar refractivity (Wildman–Crippen MR) is 162 cm³/mol. The van der Waals surface area contributed by atoms with Crippen LogP contribution in [-0.2, 0) is 45.3 Å². The molecule has 0 radical (unpaired) electrons. The van der Waals surface area contributed by atoms with Crippen molar-refractivity contribution in [2.45, 2.75) is 29.9 Å². The molecule has 1 fully saturated rings. The van der Waals surface area contributed by atoms with Crippen molar-refractivity contribution in [2.24, 2.45) is 5.14 Å². The summed E-state index contributed by atoms with van der Waals surface area (Å²) in [5, 5.41) is 51.1. The fourth-order valence-electron chi connectivity index (χ4n) is 4.16. The lowest BCUT2D eigenvalue weighted by Crippen LogP contribution is -2.50. The van der Waals surface area contributed by atoms with Crippen molar-refractivity contribution < 1.29 is 71.9 Å². The minimum atomic E-state index is -4.24. The first kappa shape index (κ1) is 40.1. The fraction of sp³-hybridized carbons (Fsp3) is 0.423. The number of carboxylic acid groups (broad SMARTS) is 3. The number of esters is 1. The topological polar surface area (TPSA) is 320 Å². The van der Waals surface area contributed by atoms with Crippen LogP contribution in [0.3, 0.4) is 0 Å². The summed E-state index contributed by atoms with van der Waals surface area (Å²) in [6.07, 6.45) is -0.821. The van der Waals surface area contributed by atoms with Crippen molar-refractivity contribution in [1.29, 1.82) is 0 Å². The number of hydrogen-bond acceptors (Lipinski definition) is 15. The monoisotopic (exact) mass is 737 g/mol. The van der Waals surface area contributed by atoms with E-state index in [0.29, 0.717) is 38.5 Å². The molecule has 1 aromatic carbocycles. The molecule has 0 spiro atoms. The number of primary sulfonamides is 1. The Hall–Kier alpha value is -5.03. The van der Waals surface area contributed by atoms with E-state index in [0.717, 1.165) is 6.07 Å². The van der Waals surface area contributed by atoms with Gasteiger partial charge in [0.25, 0.3) is 11.0 Å². The molecule has 0 atom stereocenters. The van der Waals surface area contributed by atoms with E-state index >= 15 is 0 Å². The molecular weight excluding hydrogens is 706 g/mol. The van der Waals surface area contributed by atoms with Crippen LogP contribution in [0.5, 0.6) is 0 Å². The maximum Gasteiger partial charge on any atom is 0.340 e. The Bertz CT molecular complexity index is 1610. The highest BCUT2D eigenvalue weighted by Crippen LogP contribution is 2.29. The average molecular weight is 738 g/mol. The molecule has 2 aromatic rings. The van der Waals surface area contributed by atoms with E-state index in [4.69, 9.17) is 46.3 Å². The first-order valence-electron chi connectivity index (χ1n) is 13.8. The SMILES string of the molecule is NS(=O)(=O)c1cc(C(=O)OCC(=O)N2CCN(CCO[N+](=O)[O-])CC2)c(NCc2ccco2)cc1Cl.O=C(O)CC(O)(CC(=O)O)C(=O)O. The van der Waals surface area contributed by atoms with Crippen LogP contribution < -0.4 is 10.5 Å². The molecule has 1 aliphatic heterocycles. The lowest BCUT2D eigenvalue weighted by Gasteiger charge is -2.34. The summed E-state index contributed by atoms with van der Waals surface area (Å²) in [5.74, 6) is -5.88. The van der Waals surface area contributed by atoms with Crippen LogP contribution in [0.25, 0.3) is 0 Å². The summed E-state index contributed by atoms with van der Waals surface area (Å²) >= 11 is 6.06. The summed E-state index contributed by atoms with van der Waals surface area (Å²) in [7, 11) is -4.24. The van der Waals surface area contributed by atoms with Crippen LogP contribution in [0.4, 0.5) is 5.69 Å².